The number of hydrogen-bond acceptors (Lipinski definition) is 5. The first-order chi connectivity index (χ1) is 15.7. The molecule has 0 saturated carbocycles. The number of rotatable bonds is 6. The molecule has 1 aliphatic heterocycles. The number of carbonyl (C=O) groups is 1. The number of aromatic nitrogens is 2. The van der Waals surface area contributed by atoms with Crippen molar-refractivity contribution in [2.45, 2.75) is 6.54 Å². The second kappa shape index (κ2) is 8.47. The SMILES string of the molecule is COc1c(C(=O)NCc2ccccc2)ccc2[nH]nc(/C=C/c3ccc4c(c3)OCO4)c12. The normalized spacial score (nSPS) is 12.4. The fourth-order valence-electron chi connectivity index (χ4n) is 3.68. The Morgan fingerprint density at radius 2 is 1.94 bits per heavy atom. The fourth-order valence-corrected chi connectivity index (χ4v) is 3.68. The van der Waals surface area contributed by atoms with Gasteiger partial charge in [0.1, 0.15) is 5.75 Å². The highest BCUT2D eigenvalue weighted by Gasteiger charge is 2.19. The van der Waals surface area contributed by atoms with Crippen molar-refractivity contribution in [2.75, 3.05) is 13.9 Å². The van der Waals surface area contributed by atoms with Crippen molar-refractivity contribution in [2.24, 2.45) is 0 Å². The van der Waals surface area contributed by atoms with E-state index in [-0.39, 0.29) is 12.7 Å². The minimum absolute atomic E-state index is 0.209. The molecule has 0 fully saturated rings. The van der Waals surface area contributed by atoms with Gasteiger partial charge in [-0.05, 0) is 41.5 Å². The summed E-state index contributed by atoms with van der Waals surface area (Å²) in [5.41, 5.74) is 3.88. The van der Waals surface area contributed by atoms with Gasteiger partial charge in [0.15, 0.2) is 11.5 Å². The molecular formula is C25H21N3O4. The van der Waals surface area contributed by atoms with Crippen LogP contribution in [0.15, 0.2) is 60.7 Å². The summed E-state index contributed by atoms with van der Waals surface area (Å²) >= 11 is 0. The summed E-state index contributed by atoms with van der Waals surface area (Å²) in [6.07, 6.45) is 3.81. The van der Waals surface area contributed by atoms with E-state index in [0.717, 1.165) is 27.8 Å². The quantitative estimate of drug-likeness (QED) is 0.476. The van der Waals surface area contributed by atoms with Gasteiger partial charge in [-0.25, -0.2) is 0 Å². The van der Waals surface area contributed by atoms with Gasteiger partial charge in [-0.15, -0.1) is 0 Å². The molecule has 2 N–H and O–H groups in total. The summed E-state index contributed by atoms with van der Waals surface area (Å²) in [4.78, 5) is 12.9. The molecule has 4 aromatic rings. The average Bonchev–Trinajstić information content (AvgIpc) is 3.47. The van der Waals surface area contributed by atoms with Gasteiger partial charge in [0.05, 0.1) is 29.3 Å². The number of aromatic amines is 1. The predicted molar refractivity (Wildman–Crippen MR) is 122 cm³/mol. The standard InChI is InChI=1S/C25H21N3O4/c1-30-24-18(25(29)26-14-17-5-3-2-4-6-17)9-11-20-23(24)19(27-28-20)10-7-16-8-12-21-22(13-16)32-15-31-21/h2-13H,14-15H2,1H3,(H,26,29)(H,27,28)/b10-7+. The van der Waals surface area contributed by atoms with E-state index in [0.29, 0.717) is 29.3 Å². The number of nitrogens with zero attached hydrogens (tertiary/aromatic N) is 1. The predicted octanol–water partition coefficient (Wildman–Crippen LogP) is 4.40. The number of benzene rings is 3. The molecule has 1 aromatic heterocycles. The molecule has 0 saturated heterocycles. The molecule has 32 heavy (non-hydrogen) atoms. The van der Waals surface area contributed by atoms with Crippen molar-refractivity contribution in [1.82, 2.24) is 15.5 Å². The molecule has 3 aromatic carbocycles. The molecule has 160 valence electrons. The lowest BCUT2D eigenvalue weighted by atomic mass is 10.1. The minimum Gasteiger partial charge on any atom is -0.495 e. The van der Waals surface area contributed by atoms with Gasteiger partial charge >= 0.3 is 0 Å². The van der Waals surface area contributed by atoms with Crippen molar-refractivity contribution in [3.8, 4) is 17.2 Å². The third-order valence-corrected chi connectivity index (χ3v) is 5.29. The summed E-state index contributed by atoms with van der Waals surface area (Å²) in [6, 6.07) is 19.1. The Labute approximate surface area is 184 Å². The van der Waals surface area contributed by atoms with E-state index in [1.54, 1.807) is 13.2 Å². The van der Waals surface area contributed by atoms with Gasteiger partial charge in [-0.2, -0.15) is 5.10 Å². The summed E-state index contributed by atoms with van der Waals surface area (Å²) in [5, 5.41) is 11.1. The number of hydrogen-bond donors (Lipinski definition) is 2. The number of carbonyl (C=O) groups excluding carboxylic acids is 1. The molecule has 0 unspecified atom stereocenters. The van der Waals surface area contributed by atoms with E-state index in [4.69, 9.17) is 14.2 Å². The molecule has 1 amide bonds. The molecule has 2 heterocycles. The number of ether oxygens (including phenoxy) is 3. The van der Waals surface area contributed by atoms with Crippen LogP contribution in [-0.4, -0.2) is 30.0 Å². The topological polar surface area (TPSA) is 85.5 Å². The second-order valence-electron chi connectivity index (χ2n) is 7.29. The first-order valence-corrected chi connectivity index (χ1v) is 10.2. The number of fused-ring (bicyclic) bond motifs is 2. The van der Waals surface area contributed by atoms with E-state index in [9.17, 15) is 4.79 Å². The molecule has 0 radical (unpaired) electrons. The van der Waals surface area contributed by atoms with Crippen molar-refractivity contribution in [1.29, 1.82) is 0 Å². The molecule has 0 bridgehead atoms. The second-order valence-corrected chi connectivity index (χ2v) is 7.29. The molecule has 0 aliphatic carbocycles. The van der Waals surface area contributed by atoms with Gasteiger partial charge in [-0.3, -0.25) is 9.89 Å². The number of H-pyrrole nitrogens is 1. The Morgan fingerprint density at radius 1 is 1.09 bits per heavy atom. The zero-order valence-electron chi connectivity index (χ0n) is 17.4. The highest BCUT2D eigenvalue weighted by atomic mass is 16.7. The van der Waals surface area contributed by atoms with E-state index in [2.05, 4.69) is 15.5 Å². The number of methoxy groups -OCH3 is 1. The van der Waals surface area contributed by atoms with E-state index in [1.165, 1.54) is 0 Å². The maximum Gasteiger partial charge on any atom is 0.255 e. The van der Waals surface area contributed by atoms with E-state index in [1.807, 2.05) is 66.7 Å². The smallest absolute Gasteiger partial charge is 0.255 e. The van der Waals surface area contributed by atoms with Crippen LogP contribution in [0.3, 0.4) is 0 Å². The van der Waals surface area contributed by atoms with Crippen LogP contribution in [0, 0.1) is 0 Å². The molecule has 0 atom stereocenters. The van der Waals surface area contributed by atoms with Crippen molar-refractivity contribution >= 4 is 29.0 Å². The summed E-state index contributed by atoms with van der Waals surface area (Å²) < 4.78 is 16.4. The van der Waals surface area contributed by atoms with Crippen LogP contribution in [0.1, 0.15) is 27.2 Å². The van der Waals surface area contributed by atoms with Crippen molar-refractivity contribution < 1.29 is 19.0 Å². The minimum atomic E-state index is -0.209. The van der Waals surface area contributed by atoms with Crippen LogP contribution in [0.25, 0.3) is 23.1 Å². The molecule has 7 heteroatoms. The van der Waals surface area contributed by atoms with E-state index < -0.39 is 0 Å². The monoisotopic (exact) mass is 427 g/mol. The summed E-state index contributed by atoms with van der Waals surface area (Å²) in [6.45, 7) is 0.669. The molecule has 7 nitrogen and oxygen atoms in total. The van der Waals surface area contributed by atoms with Crippen LogP contribution >= 0.6 is 0 Å². The van der Waals surface area contributed by atoms with Gasteiger partial charge in [-0.1, -0.05) is 42.5 Å². The Hall–Kier alpha value is -4.26. The highest BCUT2D eigenvalue weighted by Crippen LogP contribution is 2.34. The molecule has 5 rings (SSSR count). The molecular weight excluding hydrogens is 406 g/mol. The maximum absolute atomic E-state index is 12.9. The fraction of sp³-hybridized carbons (Fsp3) is 0.120. The average molecular weight is 427 g/mol. The largest absolute Gasteiger partial charge is 0.495 e. The van der Waals surface area contributed by atoms with Crippen LogP contribution < -0.4 is 19.5 Å². The lowest BCUT2D eigenvalue weighted by Gasteiger charge is -2.11. The van der Waals surface area contributed by atoms with Gasteiger partial charge in [0, 0.05) is 6.54 Å². The lowest BCUT2D eigenvalue weighted by molar-refractivity contribution is 0.0948. The van der Waals surface area contributed by atoms with Crippen molar-refractivity contribution in [3.05, 3.63) is 83.0 Å². The zero-order valence-corrected chi connectivity index (χ0v) is 17.4. The summed E-state index contributed by atoms with van der Waals surface area (Å²) in [5.74, 6) is 1.72. The number of amides is 1. The maximum atomic E-state index is 12.9. The Balaban J connectivity index is 1.44. The lowest BCUT2D eigenvalue weighted by Crippen LogP contribution is -2.23. The third-order valence-electron chi connectivity index (χ3n) is 5.29. The van der Waals surface area contributed by atoms with Crippen molar-refractivity contribution in [3.63, 3.8) is 0 Å². The van der Waals surface area contributed by atoms with E-state index >= 15 is 0 Å². The van der Waals surface area contributed by atoms with Gasteiger partial charge in [0.25, 0.3) is 5.91 Å². The molecule has 0 spiro atoms. The Morgan fingerprint density at radius 3 is 2.78 bits per heavy atom. The van der Waals surface area contributed by atoms with Gasteiger partial charge in [0.2, 0.25) is 6.79 Å². The Bertz CT molecular complexity index is 1310. The number of nitrogens with one attached hydrogen (secondary N) is 2. The zero-order chi connectivity index (χ0) is 21.9. The first-order valence-electron chi connectivity index (χ1n) is 10.2. The molecule has 1 aliphatic rings. The van der Waals surface area contributed by atoms with Crippen LogP contribution in [-0.2, 0) is 6.54 Å². The summed E-state index contributed by atoms with van der Waals surface area (Å²) in [7, 11) is 1.56. The first kappa shape index (κ1) is 19.7. The third kappa shape index (κ3) is 3.76. The van der Waals surface area contributed by atoms with Gasteiger partial charge < -0.3 is 19.5 Å². The van der Waals surface area contributed by atoms with Crippen LogP contribution in [0.4, 0.5) is 0 Å². The highest BCUT2D eigenvalue weighted by molar-refractivity contribution is 6.05. The van der Waals surface area contributed by atoms with Crippen LogP contribution in [0.2, 0.25) is 0 Å². The Kier molecular flexibility index (Phi) is 5.21. The van der Waals surface area contributed by atoms with Crippen LogP contribution in [0.5, 0.6) is 17.2 Å².